The minimum atomic E-state index is -0.486. The third-order valence-electron chi connectivity index (χ3n) is 4.58. The number of hydrogen-bond donors (Lipinski definition) is 1. The van der Waals surface area contributed by atoms with Crippen molar-refractivity contribution in [2.45, 2.75) is 25.9 Å². The maximum atomic E-state index is 12.8. The van der Waals surface area contributed by atoms with E-state index in [1.165, 1.54) is 18.0 Å². The molecule has 3 heterocycles. The van der Waals surface area contributed by atoms with E-state index in [0.717, 1.165) is 18.1 Å². The second-order valence-electron chi connectivity index (χ2n) is 6.33. The number of benzene rings is 1. The molecule has 0 spiro atoms. The third kappa shape index (κ3) is 2.90. The zero-order valence-corrected chi connectivity index (χ0v) is 14.3. The summed E-state index contributed by atoms with van der Waals surface area (Å²) in [4.78, 5) is 32.8. The van der Waals surface area contributed by atoms with Crippen LogP contribution in [0.1, 0.15) is 33.7 Å². The Bertz CT molecular complexity index is 994. The van der Waals surface area contributed by atoms with Crippen LogP contribution in [0.4, 0.5) is 0 Å². The topological polar surface area (TPSA) is 96.8 Å². The summed E-state index contributed by atoms with van der Waals surface area (Å²) in [6.07, 6.45) is 3.56. The Morgan fingerprint density at radius 3 is 2.85 bits per heavy atom. The molecule has 26 heavy (non-hydrogen) atoms. The molecule has 0 radical (unpaired) electrons. The van der Waals surface area contributed by atoms with Crippen LogP contribution in [0.5, 0.6) is 0 Å². The largest absolute Gasteiger partial charge is 0.327 e. The molecule has 0 bridgehead atoms. The van der Waals surface area contributed by atoms with E-state index in [-0.39, 0.29) is 11.7 Å². The number of nitrogens with zero attached hydrogens (tertiary/aromatic N) is 5. The summed E-state index contributed by atoms with van der Waals surface area (Å²) >= 11 is 0. The van der Waals surface area contributed by atoms with Gasteiger partial charge in [-0.1, -0.05) is 30.3 Å². The van der Waals surface area contributed by atoms with Gasteiger partial charge in [-0.2, -0.15) is 0 Å². The molecule has 1 atom stereocenters. The number of amides is 1. The lowest BCUT2D eigenvalue weighted by Gasteiger charge is -2.34. The lowest BCUT2D eigenvalue weighted by Crippen LogP contribution is -2.44. The first-order valence-electron chi connectivity index (χ1n) is 8.41. The van der Waals surface area contributed by atoms with E-state index >= 15 is 0 Å². The maximum absolute atomic E-state index is 12.8. The van der Waals surface area contributed by atoms with E-state index in [2.05, 4.69) is 36.9 Å². The van der Waals surface area contributed by atoms with Crippen molar-refractivity contribution in [2.24, 2.45) is 0 Å². The molecule has 132 valence electrons. The quantitative estimate of drug-likeness (QED) is 0.763. The van der Waals surface area contributed by atoms with Crippen LogP contribution in [0.25, 0.3) is 0 Å². The van der Waals surface area contributed by atoms with Crippen LogP contribution >= 0.6 is 0 Å². The molecule has 1 aliphatic rings. The normalized spacial score (nSPS) is 16.3. The molecule has 0 saturated carbocycles. The molecular weight excluding hydrogens is 332 g/mol. The number of aromatic amines is 1. The number of fused-ring (bicyclic) bond motifs is 1. The molecule has 1 aliphatic heterocycles. The van der Waals surface area contributed by atoms with Crippen molar-refractivity contribution < 1.29 is 4.79 Å². The van der Waals surface area contributed by atoms with E-state index in [1.54, 1.807) is 4.90 Å². The summed E-state index contributed by atoms with van der Waals surface area (Å²) in [5.74, 6) is 1.15. The molecule has 0 saturated heterocycles. The number of carbonyl (C=O) groups is 1. The Kier molecular flexibility index (Phi) is 4.08. The molecule has 4 rings (SSSR count). The molecular formula is C18H18N6O2. The Labute approximate surface area is 149 Å². The molecule has 8 heteroatoms. The van der Waals surface area contributed by atoms with Gasteiger partial charge in [-0.15, -0.1) is 10.2 Å². The van der Waals surface area contributed by atoms with E-state index in [1.807, 2.05) is 25.1 Å². The highest BCUT2D eigenvalue weighted by Crippen LogP contribution is 2.25. The Morgan fingerprint density at radius 1 is 1.27 bits per heavy atom. The lowest BCUT2D eigenvalue weighted by atomic mass is 10.0. The first-order valence-corrected chi connectivity index (χ1v) is 8.41. The third-order valence-corrected chi connectivity index (χ3v) is 4.58. The number of aromatic nitrogens is 5. The van der Waals surface area contributed by atoms with E-state index in [4.69, 9.17) is 0 Å². The van der Waals surface area contributed by atoms with Crippen LogP contribution < -0.4 is 5.56 Å². The first kappa shape index (κ1) is 16.2. The van der Waals surface area contributed by atoms with Crippen LogP contribution in [0, 0.1) is 6.92 Å². The maximum Gasteiger partial charge on any atom is 0.279 e. The highest BCUT2D eigenvalue weighted by molar-refractivity contribution is 5.91. The zero-order valence-electron chi connectivity index (χ0n) is 14.3. The summed E-state index contributed by atoms with van der Waals surface area (Å²) < 4.78 is 2.08. The summed E-state index contributed by atoms with van der Waals surface area (Å²) in [5, 5.41) is 8.38. The Hall–Kier alpha value is -3.29. The molecule has 1 N–H and O–H groups in total. The van der Waals surface area contributed by atoms with Gasteiger partial charge in [0, 0.05) is 18.9 Å². The van der Waals surface area contributed by atoms with Crippen LogP contribution in [0.15, 0.2) is 47.5 Å². The highest BCUT2D eigenvalue weighted by atomic mass is 16.2. The average molecular weight is 350 g/mol. The van der Waals surface area contributed by atoms with Crippen molar-refractivity contribution in [3.05, 3.63) is 76.0 Å². The number of nitrogens with one attached hydrogen (secondary N) is 1. The van der Waals surface area contributed by atoms with Gasteiger partial charge in [-0.05, 0) is 18.9 Å². The SMILES string of the molecule is Cc1nnc2n1[C@H](Cc1ccccc1)CN(C(=O)c1ncc[nH]c1=O)C2. The van der Waals surface area contributed by atoms with E-state index in [0.29, 0.717) is 13.1 Å². The van der Waals surface area contributed by atoms with Crippen molar-refractivity contribution in [1.29, 1.82) is 0 Å². The molecule has 0 aliphatic carbocycles. The number of carbonyl (C=O) groups excluding carboxylic acids is 1. The van der Waals surface area contributed by atoms with Crippen LogP contribution in [-0.2, 0) is 13.0 Å². The molecule has 0 fully saturated rings. The Morgan fingerprint density at radius 2 is 2.08 bits per heavy atom. The first-order chi connectivity index (χ1) is 12.6. The van der Waals surface area contributed by atoms with Gasteiger partial charge in [-0.3, -0.25) is 9.59 Å². The number of aryl methyl sites for hydroxylation is 1. The van der Waals surface area contributed by atoms with E-state index in [9.17, 15) is 9.59 Å². The van der Waals surface area contributed by atoms with Crippen molar-refractivity contribution in [3.8, 4) is 0 Å². The van der Waals surface area contributed by atoms with Gasteiger partial charge in [0.05, 0.1) is 12.6 Å². The van der Waals surface area contributed by atoms with Crippen molar-refractivity contribution in [1.82, 2.24) is 29.6 Å². The monoisotopic (exact) mass is 350 g/mol. The molecule has 0 unspecified atom stereocenters. The van der Waals surface area contributed by atoms with Crippen LogP contribution in [0.2, 0.25) is 0 Å². The van der Waals surface area contributed by atoms with Crippen LogP contribution in [0.3, 0.4) is 0 Å². The fraction of sp³-hybridized carbons (Fsp3) is 0.278. The summed E-state index contributed by atoms with van der Waals surface area (Å²) in [6.45, 7) is 2.69. The molecule has 8 nitrogen and oxygen atoms in total. The number of hydrogen-bond acceptors (Lipinski definition) is 5. The Balaban J connectivity index is 1.66. The van der Waals surface area contributed by atoms with Crippen molar-refractivity contribution in [3.63, 3.8) is 0 Å². The second kappa shape index (κ2) is 6.55. The summed E-state index contributed by atoms with van der Waals surface area (Å²) in [5.41, 5.74) is 0.581. The van der Waals surface area contributed by atoms with Gasteiger partial charge in [0.1, 0.15) is 5.82 Å². The molecule has 2 aromatic heterocycles. The van der Waals surface area contributed by atoms with Gasteiger partial charge in [0.15, 0.2) is 11.5 Å². The minimum absolute atomic E-state index is 0.00268. The van der Waals surface area contributed by atoms with Crippen molar-refractivity contribution >= 4 is 5.91 Å². The fourth-order valence-corrected chi connectivity index (χ4v) is 3.42. The minimum Gasteiger partial charge on any atom is -0.327 e. The summed E-state index contributed by atoms with van der Waals surface area (Å²) in [7, 11) is 0. The summed E-state index contributed by atoms with van der Waals surface area (Å²) in [6, 6.07) is 10.1. The molecule has 1 aromatic carbocycles. The van der Waals surface area contributed by atoms with Gasteiger partial charge in [0.25, 0.3) is 11.5 Å². The standard InChI is InChI=1S/C18H18N6O2/c1-12-21-22-15-11-23(18(26)16-17(25)20-8-7-19-16)10-14(24(12)15)9-13-5-3-2-4-6-13/h2-8,14H,9-11H2,1H3,(H,20,25)/t14-/m1/s1. The highest BCUT2D eigenvalue weighted by Gasteiger charge is 2.32. The van der Waals surface area contributed by atoms with Gasteiger partial charge >= 0.3 is 0 Å². The number of rotatable bonds is 3. The van der Waals surface area contributed by atoms with Gasteiger partial charge in [-0.25, -0.2) is 4.98 Å². The molecule has 1 amide bonds. The molecule has 3 aromatic rings. The number of H-pyrrole nitrogens is 1. The predicted octanol–water partition coefficient (Wildman–Crippen LogP) is 1.11. The van der Waals surface area contributed by atoms with E-state index < -0.39 is 11.5 Å². The predicted molar refractivity (Wildman–Crippen MR) is 93.5 cm³/mol. The smallest absolute Gasteiger partial charge is 0.279 e. The van der Waals surface area contributed by atoms with Crippen LogP contribution in [-0.4, -0.2) is 42.1 Å². The fourth-order valence-electron chi connectivity index (χ4n) is 3.42. The van der Waals surface area contributed by atoms with Gasteiger partial charge in [0.2, 0.25) is 0 Å². The van der Waals surface area contributed by atoms with Crippen molar-refractivity contribution in [2.75, 3.05) is 6.54 Å². The average Bonchev–Trinajstić information content (AvgIpc) is 3.04. The lowest BCUT2D eigenvalue weighted by molar-refractivity contribution is 0.0664. The zero-order chi connectivity index (χ0) is 18.1. The second-order valence-corrected chi connectivity index (χ2v) is 6.33. The van der Waals surface area contributed by atoms with Gasteiger partial charge < -0.3 is 14.5 Å².